The molecule has 264 valence electrons. The fourth-order valence-corrected chi connectivity index (χ4v) is 5.27. The number of phosphoric acid groups is 1. The van der Waals surface area contributed by atoms with Gasteiger partial charge in [0.05, 0.1) is 6.61 Å². The van der Waals surface area contributed by atoms with Crippen molar-refractivity contribution in [3.05, 3.63) is 24.3 Å². The molecule has 8 nitrogen and oxygen atoms in total. The van der Waals surface area contributed by atoms with E-state index < -0.39 is 26.5 Å². The Kier molecular flexibility index (Phi) is 31.4. The standard InChI is InChI=1S/C36H67O8P/c1-4-6-8-10-12-14-16-17-18-19-21-23-25-27-29-31-36(38)44-34(33-43-45(39,40)41-3)32-42-35(37)30-28-26-24-22-20-15-13-11-9-7-5-2/h11,13,17-18,34H,4-10,12,14-16,19-33H2,1-3H3,(H,39,40)/b13-11-,18-17-. The second kappa shape index (κ2) is 32.5. The van der Waals surface area contributed by atoms with E-state index in [9.17, 15) is 19.0 Å². The van der Waals surface area contributed by atoms with Crippen LogP contribution in [0.3, 0.4) is 0 Å². The molecule has 0 aromatic carbocycles. The molecule has 0 saturated carbocycles. The largest absolute Gasteiger partial charge is 0.472 e. The maximum atomic E-state index is 12.4. The summed E-state index contributed by atoms with van der Waals surface area (Å²) >= 11 is 0. The fourth-order valence-electron chi connectivity index (χ4n) is 4.81. The Morgan fingerprint density at radius 2 is 1.02 bits per heavy atom. The van der Waals surface area contributed by atoms with Gasteiger partial charge in [-0.3, -0.25) is 18.6 Å². The molecule has 0 fully saturated rings. The van der Waals surface area contributed by atoms with Gasteiger partial charge in [0.15, 0.2) is 6.10 Å². The summed E-state index contributed by atoms with van der Waals surface area (Å²) in [6.07, 6.45) is 33.7. The molecule has 0 spiro atoms. The number of esters is 2. The van der Waals surface area contributed by atoms with E-state index in [1.54, 1.807) is 0 Å². The summed E-state index contributed by atoms with van der Waals surface area (Å²) in [4.78, 5) is 34.2. The normalized spacial score (nSPS) is 13.8. The van der Waals surface area contributed by atoms with Gasteiger partial charge in [-0.1, -0.05) is 122 Å². The van der Waals surface area contributed by atoms with Gasteiger partial charge in [-0.25, -0.2) is 4.57 Å². The molecule has 0 aromatic rings. The van der Waals surface area contributed by atoms with Crippen molar-refractivity contribution in [2.75, 3.05) is 20.3 Å². The molecule has 0 rings (SSSR count). The highest BCUT2D eigenvalue weighted by Crippen LogP contribution is 2.42. The van der Waals surface area contributed by atoms with Gasteiger partial charge >= 0.3 is 19.8 Å². The first-order valence-electron chi connectivity index (χ1n) is 18.0. The zero-order chi connectivity index (χ0) is 33.3. The van der Waals surface area contributed by atoms with Crippen molar-refractivity contribution in [3.8, 4) is 0 Å². The SMILES string of the molecule is CCCC/C=C\CCCCCCCC(=O)OCC(COP(=O)(O)OC)OC(=O)CCCCCCC/C=C\CCCCCCCC. The number of phosphoric ester groups is 1. The first-order chi connectivity index (χ1) is 21.8. The molecule has 1 N–H and O–H groups in total. The lowest BCUT2D eigenvalue weighted by molar-refractivity contribution is -0.161. The molecule has 0 heterocycles. The molecule has 2 unspecified atom stereocenters. The molecule has 0 aliphatic rings. The number of unbranched alkanes of at least 4 members (excludes halogenated alkanes) is 18. The first kappa shape index (κ1) is 43.5. The molecule has 9 heteroatoms. The van der Waals surface area contributed by atoms with Crippen LogP contribution in [0.25, 0.3) is 0 Å². The zero-order valence-corrected chi connectivity index (χ0v) is 29.9. The number of carbonyl (C=O) groups is 2. The van der Waals surface area contributed by atoms with E-state index in [1.165, 1.54) is 57.8 Å². The van der Waals surface area contributed by atoms with E-state index in [2.05, 4.69) is 42.7 Å². The molecule has 0 aliphatic carbocycles. The lowest BCUT2D eigenvalue weighted by atomic mass is 10.1. The Morgan fingerprint density at radius 3 is 1.51 bits per heavy atom. The number of rotatable bonds is 33. The van der Waals surface area contributed by atoms with Gasteiger partial charge in [0.2, 0.25) is 0 Å². The average molecular weight is 659 g/mol. The summed E-state index contributed by atoms with van der Waals surface area (Å²) < 4.78 is 31.8. The van der Waals surface area contributed by atoms with Crippen molar-refractivity contribution in [3.63, 3.8) is 0 Å². The number of allylic oxidation sites excluding steroid dienone is 4. The van der Waals surface area contributed by atoms with Crippen molar-refractivity contribution in [1.29, 1.82) is 0 Å². The predicted octanol–water partition coefficient (Wildman–Crippen LogP) is 10.7. The van der Waals surface area contributed by atoms with Crippen LogP contribution in [0.4, 0.5) is 0 Å². The first-order valence-corrected chi connectivity index (χ1v) is 19.5. The monoisotopic (exact) mass is 658 g/mol. The predicted molar refractivity (Wildman–Crippen MR) is 184 cm³/mol. The third-order valence-corrected chi connectivity index (χ3v) is 8.60. The van der Waals surface area contributed by atoms with Crippen LogP contribution in [0.1, 0.15) is 168 Å². The van der Waals surface area contributed by atoms with Gasteiger partial charge in [0.25, 0.3) is 0 Å². The minimum Gasteiger partial charge on any atom is -0.462 e. The van der Waals surface area contributed by atoms with Gasteiger partial charge in [-0.2, -0.15) is 0 Å². The third-order valence-electron chi connectivity index (χ3n) is 7.67. The maximum Gasteiger partial charge on any atom is 0.472 e. The van der Waals surface area contributed by atoms with Crippen LogP contribution >= 0.6 is 7.82 Å². The topological polar surface area (TPSA) is 108 Å². The van der Waals surface area contributed by atoms with Crippen LogP contribution in [0, 0.1) is 0 Å². The average Bonchev–Trinajstić information content (AvgIpc) is 3.03. The zero-order valence-electron chi connectivity index (χ0n) is 29.0. The molecule has 0 amide bonds. The molecule has 0 saturated heterocycles. The Balaban J connectivity index is 4.10. The Bertz CT molecular complexity index is 798. The number of hydrogen-bond donors (Lipinski definition) is 1. The van der Waals surface area contributed by atoms with E-state index >= 15 is 0 Å². The summed E-state index contributed by atoms with van der Waals surface area (Å²) in [6.45, 7) is 3.81. The van der Waals surface area contributed by atoms with Crippen LogP contribution in [0.2, 0.25) is 0 Å². The molecule has 0 bridgehead atoms. The summed E-state index contributed by atoms with van der Waals surface area (Å²) in [6, 6.07) is 0. The summed E-state index contributed by atoms with van der Waals surface area (Å²) in [5.41, 5.74) is 0. The molecule has 0 aliphatic heterocycles. The second-order valence-corrected chi connectivity index (χ2v) is 13.6. The Morgan fingerprint density at radius 1 is 0.600 bits per heavy atom. The van der Waals surface area contributed by atoms with Crippen LogP contribution in [-0.2, 0) is 32.7 Å². The highest BCUT2D eigenvalue weighted by Gasteiger charge is 2.24. The van der Waals surface area contributed by atoms with E-state index in [-0.39, 0.29) is 25.4 Å². The summed E-state index contributed by atoms with van der Waals surface area (Å²) in [5, 5.41) is 0. The third kappa shape index (κ3) is 32.3. The number of ether oxygens (including phenoxy) is 2. The highest BCUT2D eigenvalue weighted by atomic mass is 31.2. The number of carbonyl (C=O) groups excluding carboxylic acids is 2. The van der Waals surface area contributed by atoms with Gasteiger partial charge in [0.1, 0.15) is 6.61 Å². The number of hydrogen-bond acceptors (Lipinski definition) is 7. The minimum absolute atomic E-state index is 0.231. The second-order valence-electron chi connectivity index (χ2n) is 12.0. The molecular formula is C36H67O8P. The molecular weight excluding hydrogens is 591 g/mol. The molecule has 0 aromatic heterocycles. The van der Waals surface area contributed by atoms with E-state index in [0.717, 1.165) is 84.2 Å². The van der Waals surface area contributed by atoms with Crippen LogP contribution in [-0.4, -0.2) is 43.3 Å². The Hall–Kier alpha value is -1.47. The van der Waals surface area contributed by atoms with Crippen molar-refractivity contribution in [2.24, 2.45) is 0 Å². The van der Waals surface area contributed by atoms with Crippen LogP contribution in [0.5, 0.6) is 0 Å². The lowest BCUT2D eigenvalue weighted by Crippen LogP contribution is -2.29. The van der Waals surface area contributed by atoms with Crippen molar-refractivity contribution in [2.45, 2.75) is 174 Å². The minimum atomic E-state index is -4.25. The van der Waals surface area contributed by atoms with E-state index in [1.807, 2.05) is 0 Å². The smallest absolute Gasteiger partial charge is 0.462 e. The quantitative estimate of drug-likeness (QED) is 0.0321. The molecule has 2 atom stereocenters. The fraction of sp³-hybridized carbons (Fsp3) is 0.833. The van der Waals surface area contributed by atoms with Gasteiger partial charge < -0.3 is 14.4 Å². The van der Waals surface area contributed by atoms with Crippen LogP contribution < -0.4 is 0 Å². The molecule has 0 radical (unpaired) electrons. The van der Waals surface area contributed by atoms with Gasteiger partial charge in [-0.15, -0.1) is 0 Å². The van der Waals surface area contributed by atoms with E-state index in [0.29, 0.717) is 6.42 Å². The summed E-state index contributed by atoms with van der Waals surface area (Å²) in [7, 11) is -3.20. The van der Waals surface area contributed by atoms with Gasteiger partial charge in [0, 0.05) is 20.0 Å². The van der Waals surface area contributed by atoms with E-state index in [4.69, 9.17) is 14.0 Å². The highest BCUT2D eigenvalue weighted by molar-refractivity contribution is 7.47. The van der Waals surface area contributed by atoms with Crippen molar-refractivity contribution < 1.29 is 37.6 Å². The lowest BCUT2D eigenvalue weighted by Gasteiger charge is -2.19. The van der Waals surface area contributed by atoms with Crippen molar-refractivity contribution >= 4 is 19.8 Å². The van der Waals surface area contributed by atoms with Gasteiger partial charge in [-0.05, 0) is 57.8 Å². The Labute approximate surface area is 275 Å². The van der Waals surface area contributed by atoms with Crippen LogP contribution in [0.15, 0.2) is 24.3 Å². The van der Waals surface area contributed by atoms with Crippen molar-refractivity contribution in [1.82, 2.24) is 0 Å². The molecule has 45 heavy (non-hydrogen) atoms. The summed E-state index contributed by atoms with van der Waals surface area (Å²) in [5.74, 6) is -0.825. The maximum absolute atomic E-state index is 12.4.